The quantitative estimate of drug-likeness (QED) is 0.790. The number of halogens is 2. The molecule has 0 saturated carbocycles. The first-order chi connectivity index (χ1) is 9.02. The summed E-state index contributed by atoms with van der Waals surface area (Å²) in [4.78, 5) is 19.1. The molecular weight excluding hydrogens is 379 g/mol. The molecule has 0 aliphatic heterocycles. The van der Waals surface area contributed by atoms with Gasteiger partial charge in [-0.2, -0.15) is 0 Å². The van der Waals surface area contributed by atoms with Crippen molar-refractivity contribution in [2.45, 2.75) is 19.8 Å². The summed E-state index contributed by atoms with van der Waals surface area (Å²) >= 11 is 7.87. The van der Waals surface area contributed by atoms with Crippen LogP contribution in [0.2, 0.25) is 5.02 Å². The lowest BCUT2D eigenvalue weighted by atomic mass is 10.2. The molecule has 4 nitrogen and oxygen atoms in total. The van der Waals surface area contributed by atoms with Gasteiger partial charge in [-0.1, -0.05) is 24.9 Å². The molecule has 1 aromatic heterocycles. The molecule has 0 spiro atoms. The second-order valence-electron chi connectivity index (χ2n) is 4.09. The van der Waals surface area contributed by atoms with Crippen LogP contribution < -0.4 is 5.56 Å². The summed E-state index contributed by atoms with van der Waals surface area (Å²) in [7, 11) is 0. The van der Waals surface area contributed by atoms with Crippen LogP contribution in [0.25, 0.3) is 11.4 Å². The van der Waals surface area contributed by atoms with Crippen LogP contribution >= 0.6 is 34.2 Å². The Morgan fingerprint density at radius 3 is 2.84 bits per heavy atom. The maximum absolute atomic E-state index is 11.9. The van der Waals surface area contributed by atoms with Crippen LogP contribution in [0.15, 0.2) is 23.0 Å². The average molecular weight is 391 g/mol. The number of aromatic hydroxyl groups is 1. The van der Waals surface area contributed by atoms with E-state index in [1.165, 1.54) is 6.07 Å². The third kappa shape index (κ3) is 3.09. The van der Waals surface area contributed by atoms with Crippen LogP contribution in [-0.4, -0.2) is 15.1 Å². The van der Waals surface area contributed by atoms with E-state index in [0.29, 0.717) is 15.0 Å². The van der Waals surface area contributed by atoms with Crippen molar-refractivity contribution in [1.29, 1.82) is 0 Å². The topological polar surface area (TPSA) is 66.0 Å². The molecule has 0 amide bonds. The summed E-state index contributed by atoms with van der Waals surface area (Å²) in [5.41, 5.74) is 1.30. The standard InChI is InChI=1S/C13H12ClIN2O2/c1-2-3-9-11(15)13(19)17-12(16-9)7-4-5-10(18)8(14)6-7/h4-6,18H,2-3H2,1H3,(H,16,17,19). The van der Waals surface area contributed by atoms with E-state index in [1.807, 2.05) is 29.5 Å². The summed E-state index contributed by atoms with van der Waals surface area (Å²) in [5, 5.41) is 9.63. The minimum atomic E-state index is -0.154. The van der Waals surface area contributed by atoms with Crippen LogP contribution in [0.4, 0.5) is 0 Å². The molecule has 0 radical (unpaired) electrons. The molecule has 0 saturated heterocycles. The summed E-state index contributed by atoms with van der Waals surface area (Å²) < 4.78 is 0.619. The predicted octanol–water partition coefficient (Wildman–Crippen LogP) is 3.35. The Hall–Kier alpha value is -1.08. The lowest BCUT2D eigenvalue weighted by Gasteiger charge is -2.07. The zero-order chi connectivity index (χ0) is 14.0. The highest BCUT2D eigenvalue weighted by atomic mass is 127. The fourth-order valence-electron chi connectivity index (χ4n) is 1.70. The first kappa shape index (κ1) is 14.3. The maximum atomic E-state index is 11.9. The molecule has 0 bridgehead atoms. The van der Waals surface area contributed by atoms with Crippen molar-refractivity contribution in [2.24, 2.45) is 0 Å². The lowest BCUT2D eigenvalue weighted by Crippen LogP contribution is -2.16. The summed E-state index contributed by atoms with van der Waals surface area (Å²) in [6.45, 7) is 2.04. The number of hydrogen-bond acceptors (Lipinski definition) is 3. The molecule has 0 atom stereocenters. The first-order valence-electron chi connectivity index (χ1n) is 5.80. The summed E-state index contributed by atoms with van der Waals surface area (Å²) in [5.74, 6) is 0.475. The number of benzene rings is 1. The number of nitrogens with zero attached hydrogens (tertiary/aromatic N) is 1. The number of hydrogen-bond donors (Lipinski definition) is 2. The second kappa shape index (κ2) is 5.92. The van der Waals surface area contributed by atoms with E-state index in [-0.39, 0.29) is 16.3 Å². The molecule has 6 heteroatoms. The minimum absolute atomic E-state index is 0.00653. The van der Waals surface area contributed by atoms with E-state index in [2.05, 4.69) is 9.97 Å². The third-order valence-electron chi connectivity index (χ3n) is 2.64. The van der Waals surface area contributed by atoms with Crippen molar-refractivity contribution < 1.29 is 5.11 Å². The van der Waals surface area contributed by atoms with E-state index in [4.69, 9.17) is 11.6 Å². The molecular formula is C13H12ClIN2O2. The van der Waals surface area contributed by atoms with Crippen molar-refractivity contribution in [3.8, 4) is 17.1 Å². The van der Waals surface area contributed by atoms with E-state index < -0.39 is 0 Å². The molecule has 1 heterocycles. The van der Waals surface area contributed by atoms with Gasteiger partial charge in [-0.15, -0.1) is 0 Å². The van der Waals surface area contributed by atoms with Gasteiger partial charge in [0.15, 0.2) is 0 Å². The molecule has 1 aromatic carbocycles. The Balaban J connectivity index is 2.56. The fraction of sp³-hybridized carbons (Fsp3) is 0.231. The van der Waals surface area contributed by atoms with Gasteiger partial charge in [0.05, 0.1) is 14.3 Å². The van der Waals surface area contributed by atoms with Gasteiger partial charge in [0.25, 0.3) is 5.56 Å². The first-order valence-corrected chi connectivity index (χ1v) is 7.26. The predicted molar refractivity (Wildman–Crippen MR) is 83.7 cm³/mol. The van der Waals surface area contributed by atoms with Gasteiger partial charge in [-0.25, -0.2) is 4.98 Å². The third-order valence-corrected chi connectivity index (χ3v) is 4.05. The molecule has 0 fully saturated rings. The van der Waals surface area contributed by atoms with Crippen molar-refractivity contribution >= 4 is 34.2 Å². The number of H-pyrrole nitrogens is 1. The molecule has 2 aromatic rings. The van der Waals surface area contributed by atoms with E-state index >= 15 is 0 Å². The molecule has 2 rings (SSSR count). The van der Waals surface area contributed by atoms with Gasteiger partial charge < -0.3 is 10.1 Å². The number of aromatic nitrogens is 2. The molecule has 100 valence electrons. The van der Waals surface area contributed by atoms with Crippen LogP contribution in [-0.2, 0) is 6.42 Å². The van der Waals surface area contributed by atoms with Crippen molar-refractivity contribution in [1.82, 2.24) is 9.97 Å². The van der Waals surface area contributed by atoms with Gasteiger partial charge in [-0.05, 0) is 47.2 Å². The number of aromatic amines is 1. The van der Waals surface area contributed by atoms with Gasteiger partial charge >= 0.3 is 0 Å². The lowest BCUT2D eigenvalue weighted by molar-refractivity contribution is 0.475. The Labute approximate surface area is 129 Å². The van der Waals surface area contributed by atoms with Crippen LogP contribution in [0.5, 0.6) is 5.75 Å². The van der Waals surface area contributed by atoms with Crippen molar-refractivity contribution in [2.75, 3.05) is 0 Å². The SMILES string of the molecule is CCCc1nc(-c2ccc(O)c(Cl)c2)[nH]c(=O)c1I. The number of rotatable bonds is 3. The van der Waals surface area contributed by atoms with Gasteiger partial charge in [0.2, 0.25) is 0 Å². The van der Waals surface area contributed by atoms with Crippen molar-refractivity contribution in [3.63, 3.8) is 0 Å². The Bertz CT molecular complexity index is 670. The molecule has 19 heavy (non-hydrogen) atoms. The van der Waals surface area contributed by atoms with Gasteiger partial charge in [0, 0.05) is 5.56 Å². The summed E-state index contributed by atoms with van der Waals surface area (Å²) in [6.07, 6.45) is 1.67. The monoisotopic (exact) mass is 390 g/mol. The molecule has 0 aliphatic carbocycles. The van der Waals surface area contributed by atoms with Crippen molar-refractivity contribution in [3.05, 3.63) is 42.8 Å². The molecule has 0 aliphatic rings. The van der Waals surface area contributed by atoms with Crippen LogP contribution in [0.1, 0.15) is 19.0 Å². The number of nitrogens with one attached hydrogen (secondary N) is 1. The highest BCUT2D eigenvalue weighted by Gasteiger charge is 2.10. The number of phenolic OH excluding ortho intramolecular Hbond substituents is 1. The zero-order valence-electron chi connectivity index (χ0n) is 10.2. The number of aryl methyl sites for hydroxylation is 1. The highest BCUT2D eigenvalue weighted by molar-refractivity contribution is 14.1. The molecule has 2 N–H and O–H groups in total. The van der Waals surface area contributed by atoms with Gasteiger partial charge in [-0.3, -0.25) is 4.79 Å². The van der Waals surface area contributed by atoms with Crippen LogP contribution in [0, 0.1) is 3.57 Å². The Kier molecular flexibility index (Phi) is 4.46. The smallest absolute Gasteiger partial charge is 0.264 e. The molecule has 0 unspecified atom stereocenters. The number of phenols is 1. The largest absolute Gasteiger partial charge is 0.506 e. The van der Waals surface area contributed by atoms with Crippen LogP contribution in [0.3, 0.4) is 0 Å². The second-order valence-corrected chi connectivity index (χ2v) is 5.58. The van der Waals surface area contributed by atoms with Gasteiger partial charge in [0.1, 0.15) is 11.6 Å². The van der Waals surface area contributed by atoms with E-state index in [1.54, 1.807) is 12.1 Å². The van der Waals surface area contributed by atoms with E-state index in [9.17, 15) is 9.90 Å². The highest BCUT2D eigenvalue weighted by Crippen LogP contribution is 2.27. The average Bonchev–Trinajstić information content (AvgIpc) is 2.38. The normalized spacial score (nSPS) is 10.7. The Morgan fingerprint density at radius 2 is 2.21 bits per heavy atom. The minimum Gasteiger partial charge on any atom is -0.506 e. The fourth-order valence-corrected chi connectivity index (χ4v) is 2.40. The zero-order valence-corrected chi connectivity index (χ0v) is 13.1. The maximum Gasteiger partial charge on any atom is 0.264 e. The van der Waals surface area contributed by atoms with E-state index in [0.717, 1.165) is 18.5 Å². The summed E-state index contributed by atoms with van der Waals surface area (Å²) in [6, 6.07) is 4.73. The Morgan fingerprint density at radius 1 is 1.47 bits per heavy atom.